The Hall–Kier alpha value is -2.51. The molecule has 2 rings (SSSR count). The highest BCUT2D eigenvalue weighted by Crippen LogP contribution is 2.28. The van der Waals surface area contributed by atoms with Crippen molar-refractivity contribution in [3.63, 3.8) is 0 Å². The van der Waals surface area contributed by atoms with Gasteiger partial charge in [-0.2, -0.15) is 0 Å². The highest BCUT2D eigenvalue weighted by Gasteiger charge is 2.29. The Balaban J connectivity index is 2.61. The van der Waals surface area contributed by atoms with Crippen LogP contribution < -0.4 is 11.1 Å². The average Bonchev–Trinajstić information content (AvgIpc) is 2.61. The molecule has 0 bridgehead atoms. The number of anilines is 1. The molecule has 1 aliphatic heterocycles. The predicted octanol–water partition coefficient (Wildman–Crippen LogP) is 2.05. The van der Waals surface area contributed by atoms with Gasteiger partial charge in [0.05, 0.1) is 23.9 Å². The van der Waals surface area contributed by atoms with Gasteiger partial charge in [0.15, 0.2) is 11.6 Å². The highest BCUT2D eigenvalue weighted by atomic mass is 19.2. The molecule has 0 radical (unpaired) electrons. The summed E-state index contributed by atoms with van der Waals surface area (Å²) in [5, 5.41) is 2.63. The van der Waals surface area contributed by atoms with Gasteiger partial charge < -0.3 is 15.8 Å². The lowest BCUT2D eigenvalue weighted by molar-refractivity contribution is -0.138. The zero-order chi connectivity index (χ0) is 17.9. The molecular weight excluding hydrogens is 325 g/mol. The third-order valence-electron chi connectivity index (χ3n) is 3.72. The van der Waals surface area contributed by atoms with E-state index in [9.17, 15) is 22.8 Å². The number of benzene rings is 1. The lowest BCUT2D eigenvalue weighted by atomic mass is 9.93. The van der Waals surface area contributed by atoms with E-state index in [-0.39, 0.29) is 30.6 Å². The Labute approximate surface area is 136 Å². The maximum Gasteiger partial charge on any atom is 0.343 e. The molecule has 5 nitrogen and oxygen atoms in total. The van der Waals surface area contributed by atoms with E-state index in [0.29, 0.717) is 0 Å². The van der Waals surface area contributed by atoms with Gasteiger partial charge in [-0.15, -0.1) is 0 Å². The molecule has 1 atom stereocenters. The number of fused-ring (bicyclic) bond motifs is 1. The van der Waals surface area contributed by atoms with Crippen LogP contribution in [0.2, 0.25) is 0 Å². The Kier molecular flexibility index (Phi) is 5.48. The summed E-state index contributed by atoms with van der Waals surface area (Å²) in [4.78, 5) is 24.7. The van der Waals surface area contributed by atoms with Crippen molar-refractivity contribution in [1.29, 1.82) is 0 Å². The number of alkyl halides is 1. The quantitative estimate of drug-likeness (QED) is 0.499. The normalized spacial score (nSPS) is 19.9. The summed E-state index contributed by atoms with van der Waals surface area (Å²) in [7, 11) is 0. The summed E-state index contributed by atoms with van der Waals surface area (Å²) < 4.78 is 45.2. The zero-order valence-electron chi connectivity index (χ0n) is 13.0. The number of Topliss-reactive ketones (excluding diaryl/α,β-unsaturated/α-hetero) is 1. The Morgan fingerprint density at radius 1 is 1.46 bits per heavy atom. The first kappa shape index (κ1) is 17.8. The second-order valence-corrected chi connectivity index (χ2v) is 5.28. The van der Waals surface area contributed by atoms with Crippen molar-refractivity contribution in [2.75, 3.05) is 19.0 Å². The van der Waals surface area contributed by atoms with Crippen LogP contribution in [0.4, 0.5) is 18.9 Å². The fourth-order valence-corrected chi connectivity index (χ4v) is 2.46. The molecule has 0 amide bonds. The molecule has 1 unspecified atom stereocenters. The monoisotopic (exact) mass is 342 g/mol. The van der Waals surface area contributed by atoms with E-state index in [1.54, 1.807) is 6.92 Å². The largest absolute Gasteiger partial charge is 0.462 e. The average molecular weight is 342 g/mol. The molecule has 0 aliphatic carbocycles. The Bertz CT molecular complexity index is 704. The molecule has 0 spiro atoms. The number of ether oxygens (including phenoxy) is 1. The number of halogens is 3. The fraction of sp³-hybridized carbons (Fsp3) is 0.375. The Morgan fingerprint density at radius 2 is 2.17 bits per heavy atom. The van der Waals surface area contributed by atoms with Gasteiger partial charge in [-0.05, 0) is 31.4 Å². The van der Waals surface area contributed by atoms with E-state index in [0.717, 1.165) is 12.3 Å². The summed E-state index contributed by atoms with van der Waals surface area (Å²) in [5.41, 5.74) is 4.26. The van der Waals surface area contributed by atoms with Gasteiger partial charge >= 0.3 is 5.97 Å². The van der Waals surface area contributed by atoms with Gasteiger partial charge in [-0.3, -0.25) is 4.79 Å². The minimum atomic E-state index is -1.36. The topological polar surface area (TPSA) is 81.4 Å². The highest BCUT2D eigenvalue weighted by molar-refractivity contribution is 6.26. The number of aryl methyl sites for hydroxylation is 1. The number of carbonyl (C=O) groups is 2. The third kappa shape index (κ3) is 3.37. The molecule has 0 aromatic heterocycles. The number of carbonyl (C=O) groups excluding carboxylic acids is 2. The molecule has 0 saturated carbocycles. The summed E-state index contributed by atoms with van der Waals surface area (Å²) >= 11 is 0. The second-order valence-electron chi connectivity index (χ2n) is 5.28. The van der Waals surface area contributed by atoms with E-state index >= 15 is 0 Å². The van der Waals surface area contributed by atoms with Gasteiger partial charge in [0.1, 0.15) is 12.2 Å². The van der Waals surface area contributed by atoms with E-state index in [1.807, 2.05) is 0 Å². The number of hydrogen-bond donors (Lipinski definition) is 2. The SMILES string of the molecule is CCOC(=O)/C1=C/NC(CF)CCc2cc(F)c(F)c(N)c2C1=O. The summed E-state index contributed by atoms with van der Waals surface area (Å²) in [6, 6.07) is 0.157. The fourth-order valence-electron chi connectivity index (χ4n) is 2.46. The van der Waals surface area contributed by atoms with Crippen molar-refractivity contribution in [2.24, 2.45) is 0 Å². The molecule has 0 saturated heterocycles. The number of hydrogen-bond acceptors (Lipinski definition) is 5. The van der Waals surface area contributed by atoms with Crippen LogP contribution in [0, 0.1) is 11.6 Å². The summed E-state index contributed by atoms with van der Waals surface area (Å²) in [6.07, 6.45) is 1.34. The third-order valence-corrected chi connectivity index (χ3v) is 3.72. The molecule has 1 heterocycles. The van der Waals surface area contributed by atoms with Crippen LogP contribution >= 0.6 is 0 Å². The molecule has 0 fully saturated rings. The van der Waals surface area contributed by atoms with Gasteiger partial charge in [-0.1, -0.05) is 0 Å². The lowest BCUT2D eigenvalue weighted by Gasteiger charge is -2.14. The molecule has 1 aromatic rings. The molecule has 130 valence electrons. The van der Waals surface area contributed by atoms with Crippen LogP contribution in [-0.2, 0) is 16.0 Å². The van der Waals surface area contributed by atoms with E-state index in [1.165, 1.54) is 0 Å². The standard InChI is InChI=1S/C16H17F3N2O3/c1-2-24-16(23)10-7-21-9(6-17)4-3-8-5-11(18)13(19)14(20)12(8)15(10)22/h5,7,9,21H,2-4,6,20H2,1H3/b10-7+. The smallest absolute Gasteiger partial charge is 0.343 e. The van der Waals surface area contributed by atoms with Gasteiger partial charge in [0, 0.05) is 6.20 Å². The number of nitrogens with two attached hydrogens (primary N) is 1. The summed E-state index contributed by atoms with van der Waals surface area (Å²) in [5.74, 6) is -4.42. The number of nitrogen functional groups attached to an aromatic ring is 1. The van der Waals surface area contributed by atoms with Gasteiger partial charge in [0.25, 0.3) is 0 Å². The van der Waals surface area contributed by atoms with Crippen LogP contribution in [0.1, 0.15) is 29.3 Å². The zero-order valence-corrected chi connectivity index (χ0v) is 13.0. The van der Waals surface area contributed by atoms with E-state index in [2.05, 4.69) is 5.32 Å². The first-order valence-corrected chi connectivity index (χ1v) is 7.41. The van der Waals surface area contributed by atoms with Crippen molar-refractivity contribution >= 4 is 17.4 Å². The number of nitrogens with one attached hydrogen (secondary N) is 1. The van der Waals surface area contributed by atoms with Gasteiger partial charge in [0.2, 0.25) is 5.78 Å². The molecular formula is C16H17F3N2O3. The summed E-state index contributed by atoms with van der Waals surface area (Å²) in [6.45, 7) is 0.790. The van der Waals surface area contributed by atoms with Gasteiger partial charge in [-0.25, -0.2) is 18.0 Å². The molecule has 3 N–H and O–H groups in total. The molecule has 24 heavy (non-hydrogen) atoms. The Morgan fingerprint density at radius 3 is 2.79 bits per heavy atom. The minimum Gasteiger partial charge on any atom is -0.462 e. The number of rotatable bonds is 3. The first-order chi connectivity index (χ1) is 11.4. The second kappa shape index (κ2) is 7.37. The number of esters is 1. The van der Waals surface area contributed by atoms with Crippen LogP contribution in [0.15, 0.2) is 17.8 Å². The maximum atomic E-state index is 13.8. The van der Waals surface area contributed by atoms with E-state index < -0.39 is 47.4 Å². The van der Waals surface area contributed by atoms with Crippen molar-refractivity contribution in [1.82, 2.24) is 5.32 Å². The molecule has 8 heteroatoms. The first-order valence-electron chi connectivity index (χ1n) is 7.41. The predicted molar refractivity (Wildman–Crippen MR) is 81.0 cm³/mol. The minimum absolute atomic E-state index is 0.0100. The molecule has 1 aromatic carbocycles. The van der Waals surface area contributed by atoms with Crippen LogP contribution in [-0.4, -0.2) is 31.1 Å². The van der Waals surface area contributed by atoms with Crippen LogP contribution in [0.3, 0.4) is 0 Å². The van der Waals surface area contributed by atoms with E-state index in [4.69, 9.17) is 10.5 Å². The molecule has 1 aliphatic rings. The lowest BCUT2D eigenvalue weighted by Crippen LogP contribution is -2.28. The van der Waals surface area contributed by atoms with Crippen LogP contribution in [0.5, 0.6) is 0 Å². The van der Waals surface area contributed by atoms with Crippen molar-refractivity contribution < 1.29 is 27.5 Å². The van der Waals surface area contributed by atoms with Crippen molar-refractivity contribution in [2.45, 2.75) is 25.8 Å². The van der Waals surface area contributed by atoms with Crippen molar-refractivity contribution in [3.05, 3.63) is 40.6 Å². The maximum absolute atomic E-state index is 13.8. The van der Waals surface area contributed by atoms with Crippen LogP contribution in [0.25, 0.3) is 0 Å². The number of ketones is 1. The van der Waals surface area contributed by atoms with Crippen molar-refractivity contribution in [3.8, 4) is 0 Å².